The molecule has 6 heteroatoms. The highest BCUT2D eigenvalue weighted by Crippen LogP contribution is 2.56. The van der Waals surface area contributed by atoms with E-state index in [0.29, 0.717) is 4.90 Å². The zero-order chi connectivity index (χ0) is 21.9. The van der Waals surface area contributed by atoms with Gasteiger partial charge < -0.3 is 14.5 Å². The van der Waals surface area contributed by atoms with Crippen LogP contribution in [0.4, 0.5) is 11.4 Å². The minimum atomic E-state index is -3.28. The fourth-order valence-electron chi connectivity index (χ4n) is 4.67. The molecule has 2 aliphatic rings. The van der Waals surface area contributed by atoms with Crippen molar-refractivity contribution in [3.63, 3.8) is 0 Å². The van der Waals surface area contributed by atoms with Crippen LogP contribution < -0.4 is 9.80 Å². The molecule has 0 aliphatic carbocycles. The number of nitrogens with zero attached hydrogens (tertiary/aromatic N) is 2. The Morgan fingerprint density at radius 1 is 1.13 bits per heavy atom. The number of ether oxygens (including phenoxy) is 1. The van der Waals surface area contributed by atoms with E-state index < -0.39 is 21.0 Å². The maximum atomic E-state index is 12.1. The van der Waals surface area contributed by atoms with Crippen LogP contribution in [-0.2, 0) is 20.0 Å². The molecule has 0 radical (unpaired) electrons. The van der Waals surface area contributed by atoms with Gasteiger partial charge in [0.1, 0.15) is 0 Å². The quantitative estimate of drug-likeness (QED) is 0.737. The van der Waals surface area contributed by atoms with Gasteiger partial charge in [0.2, 0.25) is 0 Å². The van der Waals surface area contributed by atoms with Gasteiger partial charge in [0.25, 0.3) is 0 Å². The topological polar surface area (TPSA) is 49.9 Å². The van der Waals surface area contributed by atoms with Gasteiger partial charge in [0.05, 0.1) is 11.0 Å². The molecule has 0 N–H and O–H groups in total. The number of sulfone groups is 1. The zero-order valence-electron chi connectivity index (χ0n) is 18.5. The third-order valence-corrected chi connectivity index (χ3v) is 7.50. The molecule has 0 aromatic heterocycles. The van der Waals surface area contributed by atoms with E-state index in [1.54, 1.807) is 6.07 Å². The first-order valence-corrected chi connectivity index (χ1v) is 12.1. The first-order valence-electron chi connectivity index (χ1n) is 10.2. The summed E-state index contributed by atoms with van der Waals surface area (Å²) in [6, 6.07) is 13.8. The minimum Gasteiger partial charge on any atom is -0.378 e. The molecule has 2 unspecified atom stereocenters. The first-order chi connectivity index (χ1) is 14.0. The Hall–Kier alpha value is -2.31. The van der Waals surface area contributed by atoms with Crippen molar-refractivity contribution in [1.29, 1.82) is 0 Å². The highest BCUT2D eigenvalue weighted by Gasteiger charge is 2.60. The summed E-state index contributed by atoms with van der Waals surface area (Å²) in [5.74, 6) is 0. The van der Waals surface area contributed by atoms with E-state index in [1.165, 1.54) is 6.26 Å². The second-order valence-corrected chi connectivity index (χ2v) is 11.1. The third-order valence-electron chi connectivity index (χ3n) is 6.39. The molecular weight excluding hydrogens is 396 g/mol. The fourth-order valence-corrected chi connectivity index (χ4v) is 5.31. The van der Waals surface area contributed by atoms with Crippen LogP contribution in [0.2, 0.25) is 0 Å². The van der Waals surface area contributed by atoms with Crippen molar-refractivity contribution in [2.45, 2.75) is 42.9 Å². The Kier molecular flexibility index (Phi) is 4.79. The second-order valence-electron chi connectivity index (χ2n) is 9.13. The molecule has 2 aromatic carbocycles. The Labute approximate surface area is 179 Å². The summed E-state index contributed by atoms with van der Waals surface area (Å²) in [6.07, 6.45) is 5.58. The number of anilines is 2. The van der Waals surface area contributed by atoms with E-state index >= 15 is 0 Å². The normalized spacial score (nSPS) is 24.9. The fraction of sp³-hybridized carbons (Fsp3) is 0.417. The van der Waals surface area contributed by atoms with Crippen LogP contribution in [0, 0.1) is 0 Å². The Morgan fingerprint density at radius 2 is 1.80 bits per heavy atom. The van der Waals surface area contributed by atoms with E-state index in [9.17, 15) is 8.42 Å². The average molecular weight is 427 g/mol. The molecule has 2 aliphatic heterocycles. The number of fused-ring (bicyclic) bond motifs is 3. The van der Waals surface area contributed by atoms with Crippen molar-refractivity contribution in [1.82, 2.24) is 0 Å². The highest BCUT2D eigenvalue weighted by atomic mass is 32.2. The van der Waals surface area contributed by atoms with Crippen LogP contribution >= 0.6 is 0 Å². The molecule has 0 bridgehead atoms. The summed E-state index contributed by atoms with van der Waals surface area (Å²) in [6.45, 7) is 7.11. The standard InChI is InChI=1S/C24H30N2O3S/c1-17-16-26-22-12-11-20(30(6,27)28)15-21(22)23(2,3)24(26,29-17)14-13-18-7-9-19(10-8-18)25(4)5/h7-15,17H,16H2,1-6H3. The van der Waals surface area contributed by atoms with E-state index in [0.717, 1.165) is 29.0 Å². The predicted molar refractivity (Wildman–Crippen MR) is 123 cm³/mol. The van der Waals surface area contributed by atoms with Crippen LogP contribution in [-0.4, -0.2) is 47.1 Å². The molecular formula is C24H30N2O3S. The molecule has 2 heterocycles. The van der Waals surface area contributed by atoms with E-state index in [4.69, 9.17) is 4.74 Å². The van der Waals surface area contributed by atoms with E-state index in [-0.39, 0.29) is 6.10 Å². The predicted octanol–water partition coefficient (Wildman–Crippen LogP) is 4.08. The second kappa shape index (κ2) is 6.86. The number of rotatable bonds is 4. The molecule has 1 fully saturated rings. The zero-order valence-corrected chi connectivity index (χ0v) is 19.3. The van der Waals surface area contributed by atoms with Gasteiger partial charge in [-0.1, -0.05) is 32.1 Å². The molecule has 0 amide bonds. The number of benzene rings is 2. The molecule has 5 nitrogen and oxygen atoms in total. The number of hydrogen-bond donors (Lipinski definition) is 0. The SMILES string of the molecule is CC1CN2c3ccc(S(C)(=O)=O)cc3C(C)(C)C2(C=Cc2ccc(N(C)C)cc2)O1. The molecule has 1 saturated heterocycles. The summed E-state index contributed by atoms with van der Waals surface area (Å²) in [5, 5.41) is 0. The lowest BCUT2D eigenvalue weighted by atomic mass is 9.77. The molecule has 0 saturated carbocycles. The summed E-state index contributed by atoms with van der Waals surface area (Å²) in [7, 11) is 0.776. The molecule has 30 heavy (non-hydrogen) atoms. The largest absolute Gasteiger partial charge is 0.378 e. The minimum absolute atomic E-state index is 0.0766. The summed E-state index contributed by atoms with van der Waals surface area (Å²) in [4.78, 5) is 4.71. The van der Waals surface area contributed by atoms with Gasteiger partial charge in [-0.3, -0.25) is 0 Å². The molecule has 0 spiro atoms. The van der Waals surface area contributed by atoms with Crippen molar-refractivity contribution in [2.75, 3.05) is 36.7 Å². The average Bonchev–Trinajstić information content (AvgIpc) is 3.10. The maximum Gasteiger partial charge on any atom is 0.175 e. The Bertz CT molecular complexity index is 1100. The van der Waals surface area contributed by atoms with Gasteiger partial charge in [-0.05, 0) is 54.5 Å². The van der Waals surface area contributed by atoms with E-state index in [2.05, 4.69) is 67.0 Å². The highest BCUT2D eigenvalue weighted by molar-refractivity contribution is 7.90. The van der Waals surface area contributed by atoms with E-state index in [1.807, 2.05) is 26.2 Å². The Morgan fingerprint density at radius 3 is 2.40 bits per heavy atom. The summed E-state index contributed by atoms with van der Waals surface area (Å²) < 4.78 is 30.9. The monoisotopic (exact) mass is 426 g/mol. The first kappa shape index (κ1) is 20.9. The lowest BCUT2D eigenvalue weighted by Crippen LogP contribution is -2.51. The molecule has 4 rings (SSSR count). The van der Waals surface area contributed by atoms with Gasteiger partial charge in [-0.15, -0.1) is 0 Å². The van der Waals surface area contributed by atoms with Crippen LogP contribution in [0.25, 0.3) is 6.08 Å². The van der Waals surface area contributed by atoms with Crippen molar-refractivity contribution in [3.05, 3.63) is 59.7 Å². The van der Waals surface area contributed by atoms with Gasteiger partial charge in [0, 0.05) is 43.7 Å². The third kappa shape index (κ3) is 3.13. The number of hydrogen-bond acceptors (Lipinski definition) is 5. The molecule has 2 aromatic rings. The Balaban J connectivity index is 1.78. The van der Waals surface area contributed by atoms with Crippen LogP contribution in [0.1, 0.15) is 31.9 Å². The van der Waals surface area contributed by atoms with Crippen molar-refractivity contribution in [2.24, 2.45) is 0 Å². The lowest BCUT2D eigenvalue weighted by molar-refractivity contribution is -0.0355. The van der Waals surface area contributed by atoms with Crippen LogP contribution in [0.5, 0.6) is 0 Å². The lowest BCUT2D eigenvalue weighted by Gasteiger charge is -2.40. The summed E-state index contributed by atoms with van der Waals surface area (Å²) in [5.41, 5.74) is 3.22. The van der Waals surface area contributed by atoms with Crippen LogP contribution in [0.15, 0.2) is 53.4 Å². The van der Waals surface area contributed by atoms with Crippen LogP contribution in [0.3, 0.4) is 0 Å². The molecule has 2 atom stereocenters. The smallest absolute Gasteiger partial charge is 0.175 e. The maximum absolute atomic E-state index is 12.1. The van der Waals surface area contributed by atoms with Gasteiger partial charge in [0.15, 0.2) is 15.6 Å². The van der Waals surface area contributed by atoms with Gasteiger partial charge in [-0.2, -0.15) is 0 Å². The van der Waals surface area contributed by atoms with Crippen molar-refractivity contribution < 1.29 is 13.2 Å². The van der Waals surface area contributed by atoms with Crippen molar-refractivity contribution in [3.8, 4) is 0 Å². The summed E-state index contributed by atoms with van der Waals surface area (Å²) >= 11 is 0. The molecule has 160 valence electrons. The van der Waals surface area contributed by atoms with Gasteiger partial charge in [-0.25, -0.2) is 8.42 Å². The van der Waals surface area contributed by atoms with Gasteiger partial charge >= 0.3 is 0 Å². The van der Waals surface area contributed by atoms with Crippen molar-refractivity contribution >= 4 is 27.3 Å².